The van der Waals surface area contributed by atoms with Crippen LogP contribution in [0.2, 0.25) is 0 Å². The highest BCUT2D eigenvalue weighted by Crippen LogP contribution is 2.37. The number of nitrogens with zero attached hydrogens (tertiary/aromatic N) is 1. The van der Waals surface area contributed by atoms with Crippen molar-refractivity contribution in [1.82, 2.24) is 4.90 Å². The van der Waals surface area contributed by atoms with E-state index in [1.54, 1.807) is 12.7 Å². The van der Waals surface area contributed by atoms with Crippen molar-refractivity contribution in [3.63, 3.8) is 0 Å². The van der Waals surface area contributed by atoms with Gasteiger partial charge in [-0.3, -0.25) is 4.90 Å². The molecule has 2 atom stereocenters. The van der Waals surface area contributed by atoms with Gasteiger partial charge in [-0.05, 0) is 37.0 Å². The Hall–Kier alpha value is -2.26. The zero-order chi connectivity index (χ0) is 17.8. The minimum Gasteiger partial charge on any atom is -0.493 e. The Bertz CT molecular complexity index is 756. The predicted octanol–water partition coefficient (Wildman–Crippen LogP) is 4.83. The number of hydrogen-bond acceptors (Lipinski definition) is 3. The minimum atomic E-state index is 0.593. The number of fused-ring (bicyclic) bond motifs is 2. The summed E-state index contributed by atoms with van der Waals surface area (Å²) in [7, 11) is 1.69. The molecular weight excluding hydrogens is 322 g/mol. The lowest BCUT2D eigenvalue weighted by molar-refractivity contribution is 0.191. The molecule has 1 saturated heterocycles. The lowest BCUT2D eigenvalue weighted by atomic mass is 9.98. The van der Waals surface area contributed by atoms with Crippen LogP contribution in [0.25, 0.3) is 0 Å². The fourth-order valence-corrected chi connectivity index (χ4v) is 4.26. The molecule has 0 N–H and O–H groups in total. The van der Waals surface area contributed by atoms with Crippen LogP contribution in [-0.4, -0.2) is 30.7 Å². The number of ether oxygens (including phenoxy) is 2. The van der Waals surface area contributed by atoms with Crippen LogP contribution in [0.4, 0.5) is 0 Å². The smallest absolute Gasteiger partial charge is 0.161 e. The first-order valence-corrected chi connectivity index (χ1v) is 9.58. The summed E-state index contributed by atoms with van der Waals surface area (Å²) in [6.07, 6.45) is 7.28. The van der Waals surface area contributed by atoms with E-state index in [0.717, 1.165) is 24.5 Å². The molecule has 3 nitrogen and oxygen atoms in total. The molecule has 3 heteroatoms. The van der Waals surface area contributed by atoms with Crippen LogP contribution in [0.15, 0.2) is 66.2 Å². The van der Waals surface area contributed by atoms with Crippen molar-refractivity contribution < 1.29 is 9.47 Å². The molecule has 2 bridgehead atoms. The summed E-state index contributed by atoms with van der Waals surface area (Å²) in [6, 6.07) is 20.0. The monoisotopic (exact) mass is 349 g/mol. The van der Waals surface area contributed by atoms with Crippen molar-refractivity contribution in [3.05, 3.63) is 71.8 Å². The van der Waals surface area contributed by atoms with Gasteiger partial charge in [0, 0.05) is 25.0 Å². The van der Waals surface area contributed by atoms with Crippen LogP contribution >= 0.6 is 0 Å². The van der Waals surface area contributed by atoms with Crippen molar-refractivity contribution in [2.45, 2.75) is 44.3 Å². The molecule has 0 amide bonds. The largest absolute Gasteiger partial charge is 0.493 e. The maximum atomic E-state index is 5.96. The number of benzene rings is 2. The molecule has 2 unspecified atom stereocenters. The third-order valence-corrected chi connectivity index (χ3v) is 5.57. The SMILES string of the molecule is COc1ccccc1OCCC1=CC2CCC(C1)N2Cc1ccccc1. The average Bonchev–Trinajstić information content (AvgIpc) is 2.91. The molecular formula is C23H27NO2. The van der Waals surface area contributed by atoms with Crippen LogP contribution in [-0.2, 0) is 6.54 Å². The fourth-order valence-electron chi connectivity index (χ4n) is 4.26. The fraction of sp³-hybridized carbons (Fsp3) is 0.391. The van der Waals surface area contributed by atoms with Crippen molar-refractivity contribution >= 4 is 0 Å². The predicted molar refractivity (Wildman–Crippen MR) is 105 cm³/mol. The maximum Gasteiger partial charge on any atom is 0.161 e. The number of methoxy groups -OCH3 is 1. The van der Waals surface area contributed by atoms with Gasteiger partial charge in [0.2, 0.25) is 0 Å². The van der Waals surface area contributed by atoms with Crippen LogP contribution in [0.1, 0.15) is 31.2 Å². The van der Waals surface area contributed by atoms with E-state index < -0.39 is 0 Å². The van der Waals surface area contributed by atoms with E-state index in [1.165, 1.54) is 24.8 Å². The molecule has 1 fully saturated rings. The summed E-state index contributed by atoms with van der Waals surface area (Å²) in [5.74, 6) is 1.64. The Balaban J connectivity index is 1.34. The van der Waals surface area contributed by atoms with Crippen molar-refractivity contribution in [1.29, 1.82) is 0 Å². The van der Waals surface area contributed by atoms with Crippen LogP contribution in [0.5, 0.6) is 11.5 Å². The van der Waals surface area contributed by atoms with E-state index in [4.69, 9.17) is 9.47 Å². The third-order valence-electron chi connectivity index (χ3n) is 5.57. The summed E-state index contributed by atoms with van der Waals surface area (Å²) in [5, 5.41) is 0. The van der Waals surface area contributed by atoms with E-state index in [0.29, 0.717) is 18.7 Å². The van der Waals surface area contributed by atoms with Crippen LogP contribution in [0.3, 0.4) is 0 Å². The topological polar surface area (TPSA) is 21.7 Å². The maximum absolute atomic E-state index is 5.96. The molecule has 2 heterocycles. The summed E-state index contributed by atoms with van der Waals surface area (Å²) < 4.78 is 11.3. The molecule has 2 aliphatic rings. The number of hydrogen-bond donors (Lipinski definition) is 0. The Morgan fingerprint density at radius 1 is 0.962 bits per heavy atom. The second-order valence-electron chi connectivity index (χ2n) is 7.23. The Morgan fingerprint density at radius 2 is 1.73 bits per heavy atom. The normalized spacial score (nSPS) is 22.1. The summed E-state index contributed by atoms with van der Waals surface area (Å²) >= 11 is 0. The molecule has 0 aromatic heterocycles. The van der Waals surface area contributed by atoms with E-state index in [9.17, 15) is 0 Å². The highest BCUT2D eigenvalue weighted by Gasteiger charge is 2.35. The highest BCUT2D eigenvalue weighted by molar-refractivity contribution is 5.39. The molecule has 4 rings (SSSR count). The molecule has 2 aliphatic heterocycles. The lowest BCUT2D eigenvalue weighted by Gasteiger charge is -2.34. The molecule has 26 heavy (non-hydrogen) atoms. The van der Waals surface area contributed by atoms with E-state index in [-0.39, 0.29) is 0 Å². The summed E-state index contributed by atoms with van der Waals surface area (Å²) in [6.45, 7) is 1.78. The van der Waals surface area contributed by atoms with Gasteiger partial charge in [0.1, 0.15) is 0 Å². The van der Waals surface area contributed by atoms with Crippen LogP contribution in [0, 0.1) is 0 Å². The first-order valence-electron chi connectivity index (χ1n) is 9.58. The average molecular weight is 349 g/mol. The standard InChI is InChI=1S/C23H27NO2/c1-25-22-9-5-6-10-23(22)26-14-13-19-15-20-11-12-21(16-19)24(20)17-18-7-3-2-4-8-18/h2-10,15,20-21H,11-14,16-17H2,1H3. The van der Waals surface area contributed by atoms with Gasteiger partial charge in [0.25, 0.3) is 0 Å². The van der Waals surface area contributed by atoms with Gasteiger partial charge in [0.05, 0.1) is 13.7 Å². The zero-order valence-corrected chi connectivity index (χ0v) is 15.4. The number of para-hydroxylation sites is 2. The van der Waals surface area contributed by atoms with E-state index in [2.05, 4.69) is 41.3 Å². The van der Waals surface area contributed by atoms with Gasteiger partial charge >= 0.3 is 0 Å². The molecule has 0 radical (unpaired) electrons. The van der Waals surface area contributed by atoms with Gasteiger partial charge < -0.3 is 9.47 Å². The van der Waals surface area contributed by atoms with E-state index >= 15 is 0 Å². The third kappa shape index (κ3) is 3.78. The van der Waals surface area contributed by atoms with Crippen molar-refractivity contribution in [3.8, 4) is 11.5 Å². The molecule has 2 aromatic rings. The van der Waals surface area contributed by atoms with E-state index in [1.807, 2.05) is 24.3 Å². The summed E-state index contributed by atoms with van der Waals surface area (Å²) in [5.41, 5.74) is 2.97. The first kappa shape index (κ1) is 17.2. The van der Waals surface area contributed by atoms with Gasteiger partial charge in [-0.15, -0.1) is 0 Å². The van der Waals surface area contributed by atoms with Gasteiger partial charge in [0.15, 0.2) is 11.5 Å². The highest BCUT2D eigenvalue weighted by atomic mass is 16.5. The Kier molecular flexibility index (Phi) is 5.26. The Labute approximate surface area is 156 Å². The minimum absolute atomic E-state index is 0.593. The summed E-state index contributed by atoms with van der Waals surface area (Å²) in [4.78, 5) is 2.68. The molecule has 0 spiro atoms. The van der Waals surface area contributed by atoms with Crippen molar-refractivity contribution in [2.24, 2.45) is 0 Å². The quantitative estimate of drug-likeness (QED) is 0.669. The zero-order valence-electron chi connectivity index (χ0n) is 15.4. The Morgan fingerprint density at radius 3 is 2.50 bits per heavy atom. The van der Waals surface area contributed by atoms with Gasteiger partial charge in [-0.25, -0.2) is 0 Å². The van der Waals surface area contributed by atoms with Gasteiger partial charge in [-0.2, -0.15) is 0 Å². The molecule has 136 valence electrons. The second kappa shape index (κ2) is 7.96. The molecule has 0 saturated carbocycles. The lowest BCUT2D eigenvalue weighted by Crippen LogP contribution is -2.38. The second-order valence-corrected chi connectivity index (χ2v) is 7.23. The molecule has 2 aromatic carbocycles. The first-order chi connectivity index (χ1) is 12.8. The van der Waals surface area contributed by atoms with Crippen LogP contribution < -0.4 is 9.47 Å². The molecule has 0 aliphatic carbocycles. The number of rotatable bonds is 7. The van der Waals surface area contributed by atoms with Gasteiger partial charge in [-0.1, -0.05) is 54.1 Å². The van der Waals surface area contributed by atoms with Crippen molar-refractivity contribution in [2.75, 3.05) is 13.7 Å².